The Morgan fingerprint density at radius 1 is 1.60 bits per heavy atom. The maximum atomic E-state index is 10.9. The monoisotopic (exact) mass is 210 g/mol. The van der Waals surface area contributed by atoms with Gasteiger partial charge in [0.2, 0.25) is 5.88 Å². The van der Waals surface area contributed by atoms with Crippen molar-refractivity contribution in [1.29, 1.82) is 0 Å². The molecule has 0 bridgehead atoms. The van der Waals surface area contributed by atoms with Crippen LogP contribution in [-0.4, -0.2) is 28.2 Å². The Hall–Kier alpha value is -1.65. The van der Waals surface area contributed by atoms with Crippen molar-refractivity contribution in [3.05, 3.63) is 17.6 Å². The number of carboxylic acid groups (broad SMARTS) is 1. The largest absolute Gasteiger partial charge is 0.481 e. The highest BCUT2D eigenvalue weighted by molar-refractivity contribution is 5.74. The van der Waals surface area contributed by atoms with Crippen molar-refractivity contribution in [3.8, 4) is 5.88 Å². The zero-order valence-corrected chi connectivity index (χ0v) is 9.02. The van der Waals surface area contributed by atoms with Gasteiger partial charge in [0.1, 0.15) is 11.7 Å². The van der Waals surface area contributed by atoms with Crippen molar-refractivity contribution < 1.29 is 14.6 Å². The molecule has 0 spiro atoms. The minimum absolute atomic E-state index is 0.307. The summed E-state index contributed by atoms with van der Waals surface area (Å²) in [7, 11) is 1.49. The molecule has 0 saturated heterocycles. The van der Waals surface area contributed by atoms with Crippen LogP contribution in [0.4, 0.5) is 0 Å². The molecule has 15 heavy (non-hydrogen) atoms. The van der Waals surface area contributed by atoms with Gasteiger partial charge in [-0.2, -0.15) is 4.98 Å². The second-order valence-corrected chi connectivity index (χ2v) is 3.21. The maximum Gasteiger partial charge on any atom is 0.314 e. The third-order valence-corrected chi connectivity index (χ3v) is 2.08. The lowest BCUT2D eigenvalue weighted by Gasteiger charge is -2.10. The molecule has 0 radical (unpaired) electrons. The number of carbonyl (C=O) groups is 1. The number of rotatable bonds is 4. The van der Waals surface area contributed by atoms with E-state index in [1.807, 2.05) is 0 Å². The smallest absolute Gasteiger partial charge is 0.314 e. The van der Waals surface area contributed by atoms with E-state index in [1.54, 1.807) is 19.9 Å². The topological polar surface area (TPSA) is 72.3 Å². The summed E-state index contributed by atoms with van der Waals surface area (Å²) in [6, 6.07) is 1.66. The number of hydrogen-bond acceptors (Lipinski definition) is 4. The van der Waals surface area contributed by atoms with Gasteiger partial charge in [-0.05, 0) is 13.3 Å². The van der Waals surface area contributed by atoms with Gasteiger partial charge in [0, 0.05) is 11.8 Å². The minimum atomic E-state index is -0.912. The second kappa shape index (κ2) is 4.72. The van der Waals surface area contributed by atoms with Crippen molar-refractivity contribution in [2.24, 2.45) is 0 Å². The van der Waals surface area contributed by atoms with Gasteiger partial charge in [-0.25, -0.2) is 4.98 Å². The van der Waals surface area contributed by atoms with Crippen molar-refractivity contribution >= 4 is 5.97 Å². The number of aliphatic carboxylic acids is 1. The zero-order valence-electron chi connectivity index (χ0n) is 9.02. The molecule has 1 heterocycles. The molecule has 5 heteroatoms. The summed E-state index contributed by atoms with van der Waals surface area (Å²) in [5.41, 5.74) is 0.705. The molecular weight excluding hydrogens is 196 g/mol. The van der Waals surface area contributed by atoms with E-state index in [0.29, 0.717) is 23.8 Å². The lowest BCUT2D eigenvalue weighted by molar-refractivity contribution is -0.139. The molecule has 0 amide bonds. The molecule has 1 atom stereocenters. The van der Waals surface area contributed by atoms with Gasteiger partial charge < -0.3 is 9.84 Å². The van der Waals surface area contributed by atoms with E-state index in [9.17, 15) is 4.79 Å². The van der Waals surface area contributed by atoms with Crippen LogP contribution in [-0.2, 0) is 4.79 Å². The highest BCUT2D eigenvalue weighted by Crippen LogP contribution is 2.19. The second-order valence-electron chi connectivity index (χ2n) is 3.21. The van der Waals surface area contributed by atoms with Crippen molar-refractivity contribution in [3.63, 3.8) is 0 Å². The highest BCUT2D eigenvalue weighted by atomic mass is 16.5. The van der Waals surface area contributed by atoms with Gasteiger partial charge >= 0.3 is 5.97 Å². The Labute approximate surface area is 88.1 Å². The molecule has 1 aromatic rings. The molecule has 1 rings (SSSR count). The molecule has 0 aromatic carbocycles. The van der Waals surface area contributed by atoms with E-state index < -0.39 is 11.9 Å². The first-order valence-electron chi connectivity index (χ1n) is 4.70. The van der Waals surface area contributed by atoms with Crippen LogP contribution >= 0.6 is 0 Å². The Bertz CT molecular complexity index is 366. The summed E-state index contributed by atoms with van der Waals surface area (Å²) in [5, 5.41) is 8.96. The molecule has 0 aliphatic heterocycles. The molecule has 1 N–H and O–H groups in total. The predicted molar refractivity (Wildman–Crippen MR) is 54.0 cm³/mol. The number of methoxy groups -OCH3 is 1. The van der Waals surface area contributed by atoms with Crippen LogP contribution in [0.15, 0.2) is 6.07 Å². The van der Waals surface area contributed by atoms with Crippen LogP contribution in [0.25, 0.3) is 0 Å². The fourth-order valence-electron chi connectivity index (χ4n) is 1.29. The fraction of sp³-hybridized carbons (Fsp3) is 0.500. The zero-order chi connectivity index (χ0) is 11.4. The third-order valence-electron chi connectivity index (χ3n) is 2.08. The maximum absolute atomic E-state index is 10.9. The molecule has 0 aliphatic rings. The molecule has 0 aliphatic carbocycles. The molecular formula is C10H14N2O3. The first kappa shape index (κ1) is 11.4. The van der Waals surface area contributed by atoms with E-state index >= 15 is 0 Å². The van der Waals surface area contributed by atoms with Crippen LogP contribution < -0.4 is 4.74 Å². The number of hydrogen-bond donors (Lipinski definition) is 1. The molecule has 5 nitrogen and oxygen atoms in total. The van der Waals surface area contributed by atoms with E-state index in [0.717, 1.165) is 0 Å². The fourth-order valence-corrected chi connectivity index (χ4v) is 1.29. The number of ether oxygens (including phenoxy) is 1. The third kappa shape index (κ3) is 2.65. The van der Waals surface area contributed by atoms with Gasteiger partial charge in [-0.3, -0.25) is 4.79 Å². The Morgan fingerprint density at radius 2 is 2.27 bits per heavy atom. The first-order valence-corrected chi connectivity index (χ1v) is 4.70. The normalized spacial score (nSPS) is 12.2. The summed E-state index contributed by atoms with van der Waals surface area (Å²) >= 11 is 0. The van der Waals surface area contributed by atoms with Gasteiger partial charge in [0.25, 0.3) is 0 Å². The molecule has 0 saturated carbocycles. The van der Waals surface area contributed by atoms with E-state index in [2.05, 4.69) is 9.97 Å². The number of carboxylic acids is 1. The van der Waals surface area contributed by atoms with Crippen molar-refractivity contribution in [1.82, 2.24) is 9.97 Å². The van der Waals surface area contributed by atoms with E-state index in [4.69, 9.17) is 9.84 Å². The summed E-state index contributed by atoms with van der Waals surface area (Å²) in [6.45, 7) is 3.57. The van der Waals surface area contributed by atoms with Crippen LogP contribution in [0.3, 0.4) is 0 Å². The molecule has 82 valence electrons. The first-order chi connectivity index (χ1) is 7.08. The number of aryl methyl sites for hydroxylation is 1. The van der Waals surface area contributed by atoms with Crippen molar-refractivity contribution in [2.75, 3.05) is 7.11 Å². The average Bonchev–Trinajstić information content (AvgIpc) is 2.17. The summed E-state index contributed by atoms with van der Waals surface area (Å²) in [6.07, 6.45) is 0.460. The number of aromatic nitrogens is 2. The Balaban J connectivity index is 3.11. The van der Waals surface area contributed by atoms with Crippen LogP contribution in [0.5, 0.6) is 5.88 Å². The Kier molecular flexibility index (Phi) is 3.60. The van der Waals surface area contributed by atoms with Gasteiger partial charge in [0.15, 0.2) is 0 Å². The van der Waals surface area contributed by atoms with Crippen molar-refractivity contribution in [2.45, 2.75) is 26.2 Å². The summed E-state index contributed by atoms with van der Waals surface area (Å²) in [5.74, 6) is -0.872. The van der Waals surface area contributed by atoms with E-state index in [1.165, 1.54) is 7.11 Å². The van der Waals surface area contributed by atoms with Crippen LogP contribution in [0.2, 0.25) is 0 Å². The molecule has 0 fully saturated rings. The lowest BCUT2D eigenvalue weighted by atomic mass is 10.1. The van der Waals surface area contributed by atoms with Gasteiger partial charge in [-0.15, -0.1) is 0 Å². The Morgan fingerprint density at radius 3 is 2.73 bits per heavy atom. The highest BCUT2D eigenvalue weighted by Gasteiger charge is 2.21. The molecule has 1 unspecified atom stereocenters. The standard InChI is InChI=1S/C10H14N2O3/c1-4-7(10(13)14)9-11-6(2)5-8(12-9)15-3/h5,7H,4H2,1-3H3,(H,13,14). The quantitative estimate of drug-likeness (QED) is 0.812. The van der Waals surface area contributed by atoms with Gasteiger partial charge in [0.05, 0.1) is 7.11 Å². The minimum Gasteiger partial charge on any atom is -0.481 e. The SMILES string of the molecule is CCC(C(=O)O)c1nc(C)cc(OC)n1. The molecule has 1 aromatic heterocycles. The number of nitrogens with zero attached hydrogens (tertiary/aromatic N) is 2. The average molecular weight is 210 g/mol. The van der Waals surface area contributed by atoms with Crippen LogP contribution in [0, 0.1) is 6.92 Å². The summed E-state index contributed by atoms with van der Waals surface area (Å²) < 4.78 is 4.97. The lowest BCUT2D eigenvalue weighted by Crippen LogP contribution is -2.14. The van der Waals surface area contributed by atoms with E-state index in [-0.39, 0.29) is 0 Å². The predicted octanol–water partition coefficient (Wildman–Crippen LogP) is 1.37. The van der Waals surface area contributed by atoms with Crippen LogP contribution in [0.1, 0.15) is 30.8 Å². The van der Waals surface area contributed by atoms with Gasteiger partial charge in [-0.1, -0.05) is 6.92 Å². The summed E-state index contributed by atoms with van der Waals surface area (Å²) in [4.78, 5) is 19.1.